The number of H-pyrrole nitrogens is 1. The molecular weight excluding hydrogens is 312 g/mol. The molecule has 0 spiro atoms. The van der Waals surface area contributed by atoms with Crippen LogP contribution in [0.3, 0.4) is 0 Å². The third-order valence-corrected chi connectivity index (χ3v) is 3.66. The van der Waals surface area contributed by atoms with Gasteiger partial charge in [-0.3, -0.25) is 19.1 Å². The first kappa shape index (κ1) is 15.7. The van der Waals surface area contributed by atoms with E-state index in [1.54, 1.807) is 32.0 Å². The average molecular weight is 328 g/mol. The van der Waals surface area contributed by atoms with Crippen molar-refractivity contribution in [3.63, 3.8) is 0 Å². The highest BCUT2D eigenvalue weighted by Crippen LogP contribution is 2.13. The molecule has 2 N–H and O–H groups in total. The van der Waals surface area contributed by atoms with E-state index in [-0.39, 0.29) is 24.6 Å². The lowest BCUT2D eigenvalue weighted by molar-refractivity contribution is 0.0950. The second-order valence-electron chi connectivity index (χ2n) is 5.37. The molecule has 8 heteroatoms. The molecular formula is C16H16N4O4. The van der Waals surface area contributed by atoms with Gasteiger partial charge in [-0.15, -0.1) is 0 Å². The van der Waals surface area contributed by atoms with Crippen LogP contribution in [0.5, 0.6) is 0 Å². The number of fused-ring (bicyclic) bond motifs is 1. The predicted molar refractivity (Wildman–Crippen MR) is 87.1 cm³/mol. The summed E-state index contributed by atoms with van der Waals surface area (Å²) in [5, 5.41) is 3.00. The van der Waals surface area contributed by atoms with Crippen LogP contribution < -0.4 is 16.6 Å². The number of nitrogens with zero attached hydrogens (tertiary/aromatic N) is 2. The molecule has 0 bridgehead atoms. The molecule has 1 amide bonds. The van der Waals surface area contributed by atoms with Crippen LogP contribution in [0.25, 0.3) is 11.0 Å². The molecule has 0 fully saturated rings. The van der Waals surface area contributed by atoms with E-state index in [2.05, 4.69) is 15.3 Å². The molecule has 0 radical (unpaired) electrons. The van der Waals surface area contributed by atoms with Gasteiger partial charge >= 0.3 is 5.69 Å². The van der Waals surface area contributed by atoms with Gasteiger partial charge in [0.25, 0.3) is 11.5 Å². The maximum absolute atomic E-state index is 12.3. The maximum Gasteiger partial charge on any atom is 0.330 e. The van der Waals surface area contributed by atoms with Gasteiger partial charge in [-0.05, 0) is 32.0 Å². The number of rotatable bonds is 4. The predicted octanol–water partition coefficient (Wildman–Crippen LogP) is 0.725. The molecule has 0 saturated heterocycles. The van der Waals surface area contributed by atoms with Crippen LogP contribution in [-0.2, 0) is 6.54 Å². The minimum atomic E-state index is -0.559. The Kier molecular flexibility index (Phi) is 4.03. The number of pyridine rings is 1. The van der Waals surface area contributed by atoms with Gasteiger partial charge in [0.2, 0.25) is 0 Å². The van der Waals surface area contributed by atoms with Gasteiger partial charge in [-0.1, -0.05) is 0 Å². The van der Waals surface area contributed by atoms with Crippen molar-refractivity contribution < 1.29 is 9.21 Å². The molecule has 0 unspecified atom stereocenters. The van der Waals surface area contributed by atoms with Crippen LogP contribution in [0.2, 0.25) is 0 Å². The Bertz CT molecular complexity index is 1030. The standard InChI is InChI=1S/C16H16N4O4/c1-9-8-12(10(2)24-9)14(21)18-6-7-20-15(22)11-4-3-5-17-13(11)19-16(20)23/h3-5,8H,6-7H2,1-2H3,(H,18,21)(H,17,19,23). The van der Waals surface area contributed by atoms with Crippen molar-refractivity contribution in [2.24, 2.45) is 0 Å². The van der Waals surface area contributed by atoms with Gasteiger partial charge < -0.3 is 9.73 Å². The fraction of sp³-hybridized carbons (Fsp3) is 0.250. The van der Waals surface area contributed by atoms with Crippen molar-refractivity contribution in [2.45, 2.75) is 20.4 Å². The van der Waals surface area contributed by atoms with Crippen molar-refractivity contribution in [2.75, 3.05) is 6.54 Å². The number of furan rings is 1. The summed E-state index contributed by atoms with van der Waals surface area (Å²) in [7, 11) is 0. The molecule has 8 nitrogen and oxygen atoms in total. The molecule has 0 aromatic carbocycles. The van der Waals surface area contributed by atoms with Gasteiger partial charge in [0.15, 0.2) is 0 Å². The topological polar surface area (TPSA) is 110 Å². The van der Waals surface area contributed by atoms with E-state index in [1.165, 1.54) is 6.20 Å². The molecule has 0 aliphatic heterocycles. The van der Waals surface area contributed by atoms with E-state index in [9.17, 15) is 14.4 Å². The SMILES string of the molecule is Cc1cc(C(=O)NCCn2c(=O)[nH]c3ncccc3c2=O)c(C)o1. The fourth-order valence-electron chi connectivity index (χ4n) is 2.52. The van der Waals surface area contributed by atoms with Crippen molar-refractivity contribution >= 4 is 16.9 Å². The Morgan fingerprint density at radius 3 is 2.88 bits per heavy atom. The second kappa shape index (κ2) is 6.15. The van der Waals surface area contributed by atoms with Gasteiger partial charge in [-0.2, -0.15) is 0 Å². The number of carbonyl (C=O) groups excluding carboxylic acids is 1. The van der Waals surface area contributed by atoms with Crippen LogP contribution in [-0.4, -0.2) is 27.0 Å². The van der Waals surface area contributed by atoms with E-state index in [1.807, 2.05) is 0 Å². The van der Waals surface area contributed by atoms with Crippen molar-refractivity contribution in [1.82, 2.24) is 19.9 Å². The van der Waals surface area contributed by atoms with E-state index < -0.39 is 11.2 Å². The summed E-state index contributed by atoms with van der Waals surface area (Å²) in [6.45, 7) is 3.65. The molecule has 3 aromatic heterocycles. The van der Waals surface area contributed by atoms with Crippen LogP contribution in [0.1, 0.15) is 21.9 Å². The van der Waals surface area contributed by atoms with E-state index in [0.717, 1.165) is 4.57 Å². The highest BCUT2D eigenvalue weighted by atomic mass is 16.3. The minimum Gasteiger partial charge on any atom is -0.466 e. The lowest BCUT2D eigenvalue weighted by Crippen LogP contribution is -2.39. The third kappa shape index (κ3) is 2.85. The number of aryl methyl sites for hydroxylation is 2. The molecule has 0 aliphatic carbocycles. The number of aromatic nitrogens is 3. The number of amides is 1. The highest BCUT2D eigenvalue weighted by molar-refractivity contribution is 5.95. The number of aromatic amines is 1. The molecule has 0 aliphatic rings. The Labute approximate surface area is 136 Å². The van der Waals surface area contributed by atoms with Crippen molar-refractivity contribution in [3.05, 3.63) is 62.3 Å². The van der Waals surface area contributed by atoms with E-state index in [0.29, 0.717) is 22.5 Å². The summed E-state index contributed by atoms with van der Waals surface area (Å²) in [4.78, 5) is 42.9. The zero-order valence-corrected chi connectivity index (χ0v) is 13.3. The quantitative estimate of drug-likeness (QED) is 0.733. The molecule has 3 aromatic rings. The summed E-state index contributed by atoms with van der Waals surface area (Å²) in [5.74, 6) is 0.862. The Morgan fingerprint density at radius 2 is 2.17 bits per heavy atom. The first-order valence-corrected chi connectivity index (χ1v) is 7.40. The molecule has 3 rings (SSSR count). The molecule has 0 atom stereocenters. The average Bonchev–Trinajstić information content (AvgIpc) is 2.89. The normalized spacial score (nSPS) is 10.9. The summed E-state index contributed by atoms with van der Waals surface area (Å²) >= 11 is 0. The second-order valence-corrected chi connectivity index (χ2v) is 5.37. The van der Waals surface area contributed by atoms with Gasteiger partial charge in [0.05, 0.1) is 10.9 Å². The van der Waals surface area contributed by atoms with Gasteiger partial charge in [0, 0.05) is 19.3 Å². The number of hydrogen-bond acceptors (Lipinski definition) is 5. The first-order valence-electron chi connectivity index (χ1n) is 7.40. The van der Waals surface area contributed by atoms with Crippen LogP contribution in [0, 0.1) is 13.8 Å². The Morgan fingerprint density at radius 1 is 1.38 bits per heavy atom. The summed E-state index contributed by atoms with van der Waals surface area (Å²) < 4.78 is 6.35. The third-order valence-electron chi connectivity index (χ3n) is 3.66. The Hall–Kier alpha value is -3.16. The zero-order chi connectivity index (χ0) is 17.3. The highest BCUT2D eigenvalue weighted by Gasteiger charge is 2.13. The largest absolute Gasteiger partial charge is 0.466 e. The van der Waals surface area contributed by atoms with Gasteiger partial charge in [0.1, 0.15) is 17.2 Å². The molecule has 0 saturated carbocycles. The lowest BCUT2D eigenvalue weighted by Gasteiger charge is -2.07. The van der Waals surface area contributed by atoms with Crippen LogP contribution in [0.4, 0.5) is 0 Å². The minimum absolute atomic E-state index is 0.0562. The monoisotopic (exact) mass is 328 g/mol. The molecule has 24 heavy (non-hydrogen) atoms. The molecule has 3 heterocycles. The smallest absolute Gasteiger partial charge is 0.330 e. The van der Waals surface area contributed by atoms with Gasteiger partial charge in [-0.25, -0.2) is 9.78 Å². The Balaban J connectivity index is 1.77. The number of carbonyl (C=O) groups is 1. The maximum atomic E-state index is 12.3. The summed E-state index contributed by atoms with van der Waals surface area (Å²) in [6.07, 6.45) is 1.50. The fourth-order valence-corrected chi connectivity index (χ4v) is 2.52. The lowest BCUT2D eigenvalue weighted by atomic mass is 10.2. The number of nitrogens with one attached hydrogen (secondary N) is 2. The van der Waals surface area contributed by atoms with Crippen LogP contribution >= 0.6 is 0 Å². The number of hydrogen-bond donors (Lipinski definition) is 2. The van der Waals surface area contributed by atoms with Crippen LogP contribution in [0.15, 0.2) is 38.4 Å². The first-order chi connectivity index (χ1) is 11.5. The van der Waals surface area contributed by atoms with E-state index >= 15 is 0 Å². The van der Waals surface area contributed by atoms with Crippen molar-refractivity contribution in [3.8, 4) is 0 Å². The summed E-state index contributed by atoms with van der Waals surface area (Å²) in [6, 6.07) is 4.86. The molecule has 124 valence electrons. The van der Waals surface area contributed by atoms with E-state index in [4.69, 9.17) is 4.42 Å². The van der Waals surface area contributed by atoms with Crippen molar-refractivity contribution in [1.29, 1.82) is 0 Å². The zero-order valence-electron chi connectivity index (χ0n) is 13.3. The summed E-state index contributed by atoms with van der Waals surface area (Å²) in [5.41, 5.74) is -0.309.